The van der Waals surface area contributed by atoms with Gasteiger partial charge in [-0.15, -0.1) is 0 Å². The van der Waals surface area contributed by atoms with E-state index in [4.69, 9.17) is 16.3 Å². The predicted molar refractivity (Wildman–Crippen MR) is 94.6 cm³/mol. The Balaban J connectivity index is 2.81. The zero-order chi connectivity index (χ0) is 19.7. The van der Waals surface area contributed by atoms with Crippen LogP contribution in [0, 0.1) is 15.5 Å². The van der Waals surface area contributed by atoms with Crippen LogP contribution < -0.4 is 0 Å². The number of nitro groups is 1. The Kier molecular flexibility index (Phi) is 5.73. The van der Waals surface area contributed by atoms with E-state index in [0.29, 0.717) is 0 Å². The maximum absolute atomic E-state index is 12.8. The van der Waals surface area contributed by atoms with E-state index in [0.717, 1.165) is 0 Å². The fourth-order valence-electron chi connectivity index (χ4n) is 3.92. The summed E-state index contributed by atoms with van der Waals surface area (Å²) in [4.78, 5) is 36.8. The number of nitrogens with zero attached hydrogens (tertiary/aromatic N) is 1. The standard InChI is InChI=1S/C18H22ClNO6/c1-4-26-16(22)18(11(2)21)10-9-17(3,23)15(20(24)25)14(18)12-7-5-6-8-13(12)19/h5-8,14-15,23H,4,9-10H2,1-3H3/t14-,15+,17-,18?/m1/s1. The lowest BCUT2D eigenvalue weighted by atomic mass is 9.56. The van der Waals surface area contributed by atoms with Crippen molar-refractivity contribution in [1.82, 2.24) is 0 Å². The number of hydrogen-bond donors (Lipinski definition) is 1. The van der Waals surface area contributed by atoms with Gasteiger partial charge in [0.05, 0.1) is 12.5 Å². The number of esters is 1. The van der Waals surface area contributed by atoms with E-state index in [1.165, 1.54) is 19.9 Å². The SMILES string of the molecule is CCOC(=O)C1(C(C)=O)CC[C@@](C)(O)[C@@H]([N+](=O)[O-])[C@H]1c1ccccc1Cl. The van der Waals surface area contributed by atoms with Gasteiger partial charge in [0, 0.05) is 9.95 Å². The van der Waals surface area contributed by atoms with E-state index >= 15 is 0 Å². The van der Waals surface area contributed by atoms with Crippen molar-refractivity contribution in [2.24, 2.45) is 5.41 Å². The maximum Gasteiger partial charge on any atom is 0.320 e. The smallest absolute Gasteiger partial charge is 0.320 e. The molecular formula is C18H22ClNO6. The van der Waals surface area contributed by atoms with Crippen molar-refractivity contribution in [2.45, 2.75) is 51.2 Å². The average molecular weight is 384 g/mol. The first-order valence-corrected chi connectivity index (χ1v) is 8.76. The van der Waals surface area contributed by atoms with Crippen molar-refractivity contribution in [1.29, 1.82) is 0 Å². The number of carbonyl (C=O) groups is 2. The van der Waals surface area contributed by atoms with Gasteiger partial charge in [0.2, 0.25) is 6.04 Å². The molecule has 1 unspecified atom stereocenters. The third-order valence-corrected chi connectivity index (χ3v) is 5.59. The third-order valence-electron chi connectivity index (χ3n) is 5.24. The van der Waals surface area contributed by atoms with E-state index in [-0.39, 0.29) is 30.0 Å². The second kappa shape index (κ2) is 7.32. The molecule has 1 aromatic rings. The molecule has 1 saturated carbocycles. The van der Waals surface area contributed by atoms with Crippen LogP contribution in [0.25, 0.3) is 0 Å². The van der Waals surface area contributed by atoms with Crippen LogP contribution in [0.15, 0.2) is 24.3 Å². The number of aliphatic hydroxyl groups is 1. The Morgan fingerprint density at radius 2 is 2.00 bits per heavy atom. The Labute approximate surface area is 156 Å². The molecule has 26 heavy (non-hydrogen) atoms. The molecule has 7 nitrogen and oxygen atoms in total. The van der Waals surface area contributed by atoms with Gasteiger partial charge in [0.25, 0.3) is 0 Å². The second-order valence-electron chi connectivity index (χ2n) is 6.83. The summed E-state index contributed by atoms with van der Waals surface area (Å²) in [6.45, 7) is 4.19. The van der Waals surface area contributed by atoms with E-state index in [1.807, 2.05) is 0 Å². The highest BCUT2D eigenvalue weighted by molar-refractivity contribution is 6.31. The van der Waals surface area contributed by atoms with Crippen LogP contribution in [-0.4, -0.2) is 40.0 Å². The molecule has 0 amide bonds. The summed E-state index contributed by atoms with van der Waals surface area (Å²) in [6, 6.07) is 4.75. The number of Topliss-reactive ketones (excluding diaryl/α,β-unsaturated/α-hetero) is 1. The van der Waals surface area contributed by atoms with Crippen molar-refractivity contribution in [2.75, 3.05) is 6.61 Å². The van der Waals surface area contributed by atoms with E-state index in [1.54, 1.807) is 25.1 Å². The number of ketones is 1. The van der Waals surface area contributed by atoms with Gasteiger partial charge in [-0.05, 0) is 45.2 Å². The molecule has 1 N–H and O–H groups in total. The molecule has 0 heterocycles. The number of rotatable bonds is 5. The van der Waals surface area contributed by atoms with Gasteiger partial charge in [0.1, 0.15) is 16.8 Å². The van der Waals surface area contributed by atoms with Gasteiger partial charge < -0.3 is 9.84 Å². The average Bonchev–Trinajstić information content (AvgIpc) is 2.54. The van der Waals surface area contributed by atoms with Crippen LogP contribution >= 0.6 is 11.6 Å². The largest absolute Gasteiger partial charge is 0.465 e. The molecule has 4 atom stereocenters. The predicted octanol–water partition coefficient (Wildman–Crippen LogP) is 2.75. The molecule has 1 fully saturated rings. The molecule has 0 aliphatic heterocycles. The minimum Gasteiger partial charge on any atom is -0.465 e. The molecule has 1 aromatic carbocycles. The highest BCUT2D eigenvalue weighted by Gasteiger charge is 2.66. The van der Waals surface area contributed by atoms with Gasteiger partial charge in [-0.3, -0.25) is 19.7 Å². The summed E-state index contributed by atoms with van der Waals surface area (Å²) in [7, 11) is 0. The Morgan fingerprint density at radius 1 is 1.38 bits per heavy atom. The first-order chi connectivity index (χ1) is 12.1. The van der Waals surface area contributed by atoms with Crippen LogP contribution in [0.3, 0.4) is 0 Å². The lowest BCUT2D eigenvalue weighted by Gasteiger charge is -2.46. The first kappa shape index (κ1) is 20.3. The number of halogens is 1. The number of benzene rings is 1. The molecule has 2 rings (SSSR count). The molecule has 1 aliphatic rings. The van der Waals surface area contributed by atoms with Crippen LogP contribution in [0.2, 0.25) is 5.02 Å². The highest BCUT2D eigenvalue weighted by Crippen LogP contribution is 2.54. The summed E-state index contributed by atoms with van der Waals surface area (Å²) in [6.07, 6.45) is -0.146. The quantitative estimate of drug-likeness (QED) is 0.362. The monoisotopic (exact) mass is 383 g/mol. The summed E-state index contributed by atoms with van der Waals surface area (Å²) in [5, 5.41) is 22.8. The number of hydrogen-bond acceptors (Lipinski definition) is 6. The summed E-state index contributed by atoms with van der Waals surface area (Å²) >= 11 is 6.27. The second-order valence-corrected chi connectivity index (χ2v) is 7.24. The van der Waals surface area contributed by atoms with Gasteiger partial charge in [0.15, 0.2) is 0 Å². The van der Waals surface area contributed by atoms with Gasteiger partial charge in [-0.1, -0.05) is 29.8 Å². The fourth-order valence-corrected chi connectivity index (χ4v) is 4.17. The van der Waals surface area contributed by atoms with Crippen LogP contribution in [-0.2, 0) is 14.3 Å². The third kappa shape index (κ3) is 3.21. The van der Waals surface area contributed by atoms with Crippen LogP contribution in [0.4, 0.5) is 0 Å². The molecule has 0 saturated heterocycles. The molecule has 1 aliphatic carbocycles. The van der Waals surface area contributed by atoms with E-state index in [2.05, 4.69) is 0 Å². The van der Waals surface area contributed by atoms with Gasteiger partial charge in [-0.2, -0.15) is 0 Å². The van der Waals surface area contributed by atoms with Crippen molar-refractivity contribution < 1.29 is 24.4 Å². The molecule has 8 heteroatoms. The summed E-state index contributed by atoms with van der Waals surface area (Å²) in [5.41, 5.74) is -3.21. The Bertz CT molecular complexity index is 734. The van der Waals surface area contributed by atoms with Crippen LogP contribution in [0.5, 0.6) is 0 Å². The minimum atomic E-state index is -1.78. The van der Waals surface area contributed by atoms with E-state index in [9.17, 15) is 24.8 Å². The topological polar surface area (TPSA) is 107 Å². The van der Waals surface area contributed by atoms with Crippen molar-refractivity contribution in [3.8, 4) is 0 Å². The fraction of sp³-hybridized carbons (Fsp3) is 0.556. The summed E-state index contributed by atoms with van der Waals surface area (Å²) < 4.78 is 5.13. The van der Waals surface area contributed by atoms with Crippen LogP contribution in [0.1, 0.15) is 45.1 Å². The number of ether oxygens (including phenoxy) is 1. The van der Waals surface area contributed by atoms with Crippen molar-refractivity contribution >= 4 is 23.4 Å². The zero-order valence-corrected chi connectivity index (χ0v) is 15.7. The normalized spacial score (nSPS) is 31.3. The first-order valence-electron chi connectivity index (χ1n) is 8.38. The lowest BCUT2D eigenvalue weighted by Crippen LogP contribution is -2.61. The number of carbonyl (C=O) groups excluding carboxylic acids is 2. The lowest BCUT2D eigenvalue weighted by molar-refractivity contribution is -0.555. The summed E-state index contributed by atoms with van der Waals surface area (Å²) in [5.74, 6) is -2.60. The molecule has 0 radical (unpaired) electrons. The molecular weight excluding hydrogens is 362 g/mol. The Morgan fingerprint density at radius 3 is 2.50 bits per heavy atom. The van der Waals surface area contributed by atoms with Gasteiger partial charge in [-0.25, -0.2) is 0 Å². The maximum atomic E-state index is 12.8. The molecule has 0 spiro atoms. The van der Waals surface area contributed by atoms with E-state index < -0.39 is 39.7 Å². The Hall–Kier alpha value is -1.99. The van der Waals surface area contributed by atoms with Crippen molar-refractivity contribution in [3.05, 3.63) is 45.0 Å². The molecule has 142 valence electrons. The highest BCUT2D eigenvalue weighted by atomic mass is 35.5. The minimum absolute atomic E-state index is 0.0304. The zero-order valence-electron chi connectivity index (χ0n) is 14.9. The molecule has 0 bridgehead atoms. The van der Waals surface area contributed by atoms with Gasteiger partial charge >= 0.3 is 5.97 Å². The molecule has 0 aromatic heterocycles. The van der Waals surface area contributed by atoms with Crippen molar-refractivity contribution in [3.63, 3.8) is 0 Å².